The number of carbonyl (C=O) groups is 1. The number of aliphatic carboxylic acids is 1. The molecule has 0 spiro atoms. The average molecular weight is 697 g/mol. The fourth-order valence-corrected chi connectivity index (χ4v) is 8.97. The van der Waals surface area contributed by atoms with Gasteiger partial charge in [0.25, 0.3) is 0 Å². The third-order valence-electron chi connectivity index (χ3n) is 8.51. The first kappa shape index (κ1) is 34.0. The Hall–Kier alpha value is -3.84. The summed E-state index contributed by atoms with van der Waals surface area (Å²) in [4.78, 5) is 39.8. The zero-order chi connectivity index (χ0) is 33.9. The number of rotatable bonds is 12. The predicted octanol–water partition coefficient (Wildman–Crippen LogP) is 5.82. The van der Waals surface area contributed by atoms with Gasteiger partial charge in [-0.1, -0.05) is 79.7 Å². The van der Waals surface area contributed by atoms with Gasteiger partial charge in [0.05, 0.1) is 18.3 Å². The first-order valence-corrected chi connectivity index (χ1v) is 17.8. The second-order valence-electron chi connectivity index (χ2n) is 11.5. The molecule has 4 aromatic rings. The Kier molecular flexibility index (Phi) is 10.2. The van der Waals surface area contributed by atoms with Crippen molar-refractivity contribution in [1.82, 2.24) is 9.55 Å². The van der Waals surface area contributed by atoms with Crippen LogP contribution in [0.1, 0.15) is 35.4 Å². The van der Waals surface area contributed by atoms with Crippen molar-refractivity contribution in [3.05, 3.63) is 124 Å². The first-order valence-electron chi connectivity index (χ1n) is 15.4. The van der Waals surface area contributed by atoms with Crippen molar-refractivity contribution in [2.45, 2.75) is 41.8 Å². The van der Waals surface area contributed by atoms with E-state index in [0.717, 1.165) is 28.5 Å². The summed E-state index contributed by atoms with van der Waals surface area (Å²) in [6.07, 6.45) is -1.18. The number of methoxy groups -OCH3 is 1. The largest absolute Gasteiger partial charge is 0.573 e. The SMILES string of the molecule is COc1ccc(C(Nc2ccn([C@@H]3S[C@@H]4CO[P+](O)(OCC[C@@H](C)C(=O)O)O[C@H]4[C@@H]3F)c(=O)n2)(c2ccccc2)c2ccccc2)cc1. The van der Waals surface area contributed by atoms with Gasteiger partial charge in [-0.25, -0.2) is 9.18 Å². The van der Waals surface area contributed by atoms with Crippen LogP contribution in [0.2, 0.25) is 0 Å². The summed E-state index contributed by atoms with van der Waals surface area (Å²) < 4.78 is 39.0. The zero-order valence-electron chi connectivity index (χ0n) is 26.2. The van der Waals surface area contributed by atoms with Gasteiger partial charge in [0, 0.05) is 6.20 Å². The molecule has 0 amide bonds. The maximum absolute atomic E-state index is 15.9. The highest BCUT2D eigenvalue weighted by molar-refractivity contribution is 8.00. The number of carboxylic acid groups (broad SMARTS) is 1. The van der Waals surface area contributed by atoms with Gasteiger partial charge >= 0.3 is 19.8 Å². The van der Waals surface area contributed by atoms with E-state index in [4.69, 9.17) is 23.4 Å². The molecule has 2 aliphatic rings. The van der Waals surface area contributed by atoms with Gasteiger partial charge in [-0.15, -0.1) is 16.3 Å². The van der Waals surface area contributed by atoms with Crippen LogP contribution in [-0.2, 0) is 23.9 Å². The van der Waals surface area contributed by atoms with Crippen molar-refractivity contribution < 1.29 is 37.5 Å². The number of halogens is 1. The minimum absolute atomic E-state index is 0.0641. The first-order chi connectivity index (χ1) is 23.1. The second kappa shape index (κ2) is 14.3. The van der Waals surface area contributed by atoms with Crippen LogP contribution < -0.4 is 15.7 Å². The Labute approximate surface area is 281 Å². The molecule has 6 rings (SSSR count). The summed E-state index contributed by atoms with van der Waals surface area (Å²) in [5, 5.41) is 11.1. The van der Waals surface area contributed by atoms with E-state index in [1.165, 1.54) is 17.7 Å². The number of nitrogens with zero attached hydrogens (tertiary/aromatic N) is 2. The van der Waals surface area contributed by atoms with E-state index in [-0.39, 0.29) is 25.5 Å². The third-order valence-corrected chi connectivity index (χ3v) is 11.5. The summed E-state index contributed by atoms with van der Waals surface area (Å²) in [6.45, 7) is 1.31. The number of anilines is 1. The average Bonchev–Trinajstić information content (AvgIpc) is 3.42. The quantitative estimate of drug-likeness (QED) is 0.122. The summed E-state index contributed by atoms with van der Waals surface area (Å²) >= 11 is 1.16. The van der Waals surface area contributed by atoms with E-state index in [2.05, 4.69) is 10.3 Å². The van der Waals surface area contributed by atoms with E-state index >= 15 is 4.39 Å². The molecule has 3 N–H and O–H groups in total. The van der Waals surface area contributed by atoms with Crippen LogP contribution in [-0.4, -0.2) is 63.4 Å². The smallest absolute Gasteiger partial charge is 0.497 e. The molecule has 3 heterocycles. The number of hydrogen-bond donors (Lipinski definition) is 3. The molecule has 3 aromatic carbocycles. The lowest BCUT2D eigenvalue weighted by molar-refractivity contribution is -0.141. The second-order valence-corrected chi connectivity index (χ2v) is 14.6. The molecule has 2 fully saturated rings. The molecule has 2 saturated heterocycles. The van der Waals surface area contributed by atoms with Gasteiger partial charge in [-0.3, -0.25) is 9.36 Å². The maximum Gasteiger partial charge on any atom is 0.573 e. The molecular formula is C34H36FN3O8PS+. The molecule has 6 atom stereocenters. The van der Waals surface area contributed by atoms with Crippen LogP contribution in [0.3, 0.4) is 0 Å². The molecule has 48 heavy (non-hydrogen) atoms. The molecule has 0 bridgehead atoms. The Balaban J connectivity index is 1.27. The topological polar surface area (TPSA) is 141 Å². The highest BCUT2D eigenvalue weighted by Crippen LogP contribution is 2.65. The van der Waals surface area contributed by atoms with Crippen molar-refractivity contribution in [2.75, 3.05) is 25.6 Å². The molecule has 14 heteroatoms. The fraction of sp³-hybridized carbons (Fsp3) is 0.324. The number of nitrogens with one attached hydrogen (secondary N) is 1. The highest BCUT2D eigenvalue weighted by atomic mass is 32.2. The van der Waals surface area contributed by atoms with Gasteiger partial charge in [-0.2, -0.15) is 18.9 Å². The highest BCUT2D eigenvalue weighted by Gasteiger charge is 2.61. The Morgan fingerprint density at radius 3 is 2.29 bits per heavy atom. The van der Waals surface area contributed by atoms with Gasteiger partial charge in [0.1, 0.15) is 35.7 Å². The van der Waals surface area contributed by atoms with Gasteiger partial charge < -0.3 is 15.2 Å². The minimum atomic E-state index is -3.88. The number of benzene rings is 3. The van der Waals surface area contributed by atoms with Crippen molar-refractivity contribution >= 4 is 31.7 Å². The molecule has 0 aliphatic carbocycles. The molecular weight excluding hydrogens is 660 g/mol. The van der Waals surface area contributed by atoms with E-state index in [1.807, 2.05) is 84.9 Å². The van der Waals surface area contributed by atoms with Crippen LogP contribution >= 0.6 is 19.9 Å². The molecule has 252 valence electrons. The van der Waals surface area contributed by atoms with Crippen molar-refractivity contribution in [2.24, 2.45) is 5.92 Å². The standard InChI is InChI=1S/C34H35FN3O8PS/c1-22(32(39)40)18-20-44-47(42)45-21-27-30(46-47)29(35)31(48-27)38-19-17-28(36-33(38)41)37-34(23-9-5-3-6-10-23,24-11-7-4-8-12-24)25-13-15-26(43-2)16-14-25/h3-17,19,22,27,29-31,42H,18,20-21H2,1-2H3,(H-,36,37,39,40,41)/p+1/t22-,27-,29+,30-,31-,47?/m1/s1. The Bertz CT molecular complexity index is 1730. The van der Waals surface area contributed by atoms with Crippen LogP contribution in [0.15, 0.2) is 102 Å². The fourth-order valence-electron chi connectivity index (χ4n) is 5.87. The number of carboxylic acids is 1. The number of fused-ring (bicyclic) bond motifs is 1. The summed E-state index contributed by atoms with van der Waals surface area (Å²) in [7, 11) is -2.27. The van der Waals surface area contributed by atoms with Crippen molar-refractivity contribution in [3.63, 3.8) is 0 Å². The van der Waals surface area contributed by atoms with Gasteiger partial charge in [0.2, 0.25) is 0 Å². The van der Waals surface area contributed by atoms with Crippen LogP contribution in [0.5, 0.6) is 5.75 Å². The molecule has 1 unspecified atom stereocenters. The lowest BCUT2D eigenvalue weighted by Gasteiger charge is -2.37. The van der Waals surface area contributed by atoms with Gasteiger partial charge in [-0.05, 0) is 41.3 Å². The predicted molar refractivity (Wildman–Crippen MR) is 181 cm³/mol. The number of hydrogen-bond acceptors (Lipinski definition) is 10. The van der Waals surface area contributed by atoms with Crippen LogP contribution in [0, 0.1) is 5.92 Å². The summed E-state index contributed by atoms with van der Waals surface area (Å²) in [5.74, 6) is -0.730. The number of thioether (sulfide) groups is 1. The molecule has 0 radical (unpaired) electrons. The lowest BCUT2D eigenvalue weighted by Crippen LogP contribution is -2.40. The molecule has 0 saturated carbocycles. The van der Waals surface area contributed by atoms with Crippen LogP contribution in [0.4, 0.5) is 10.2 Å². The van der Waals surface area contributed by atoms with Crippen molar-refractivity contribution in [1.29, 1.82) is 0 Å². The summed E-state index contributed by atoms with van der Waals surface area (Å²) in [6, 6.07) is 28.9. The Morgan fingerprint density at radius 2 is 1.71 bits per heavy atom. The normalized spacial score (nSPS) is 24.4. The third kappa shape index (κ3) is 6.84. The number of aromatic nitrogens is 2. The lowest BCUT2D eigenvalue weighted by atomic mass is 9.77. The van der Waals surface area contributed by atoms with Crippen LogP contribution in [0.25, 0.3) is 0 Å². The minimum Gasteiger partial charge on any atom is -0.497 e. The van der Waals surface area contributed by atoms with E-state index < -0.39 is 54.2 Å². The number of ether oxygens (including phenoxy) is 1. The monoisotopic (exact) mass is 696 g/mol. The van der Waals surface area contributed by atoms with E-state index in [0.29, 0.717) is 5.75 Å². The molecule has 1 aromatic heterocycles. The number of alkyl halides is 1. The van der Waals surface area contributed by atoms with Crippen molar-refractivity contribution in [3.8, 4) is 5.75 Å². The maximum atomic E-state index is 15.9. The molecule has 11 nitrogen and oxygen atoms in total. The van der Waals surface area contributed by atoms with Gasteiger partial charge in [0.15, 0.2) is 12.3 Å². The van der Waals surface area contributed by atoms with E-state index in [9.17, 15) is 14.5 Å². The summed E-state index contributed by atoms with van der Waals surface area (Å²) in [5.41, 5.74) is 1.03. The Morgan fingerprint density at radius 1 is 1.08 bits per heavy atom. The molecule has 2 aliphatic heterocycles. The zero-order valence-corrected chi connectivity index (χ0v) is 27.9. The van der Waals surface area contributed by atoms with E-state index in [1.54, 1.807) is 13.2 Å².